The number of fused-ring (bicyclic) bond motifs is 3. The smallest absolute Gasteiger partial charge is 0.143 e. The van der Waals surface area contributed by atoms with Crippen LogP contribution in [0.15, 0.2) is 24.3 Å². The molecule has 16 heavy (non-hydrogen) atoms. The van der Waals surface area contributed by atoms with E-state index in [2.05, 4.69) is 48.9 Å². The summed E-state index contributed by atoms with van der Waals surface area (Å²) in [5, 5.41) is 0. The Bertz CT molecular complexity index is 416. The second kappa shape index (κ2) is 3.14. The van der Waals surface area contributed by atoms with Crippen molar-refractivity contribution < 1.29 is 4.74 Å². The minimum absolute atomic E-state index is 0.112. The van der Waals surface area contributed by atoms with E-state index in [1.165, 1.54) is 5.69 Å². The number of likely N-dealkylation sites (N-methyl/N-ethyl adjacent to an activating group) is 1. The largest absolute Gasteiger partial charge is 0.483 e. The van der Waals surface area contributed by atoms with Crippen molar-refractivity contribution in [2.24, 2.45) is 0 Å². The van der Waals surface area contributed by atoms with Crippen molar-refractivity contribution in [3.05, 3.63) is 24.3 Å². The van der Waals surface area contributed by atoms with Crippen LogP contribution in [0.1, 0.15) is 13.8 Å². The van der Waals surface area contributed by atoms with Crippen LogP contribution in [-0.2, 0) is 0 Å². The fourth-order valence-corrected chi connectivity index (χ4v) is 2.78. The van der Waals surface area contributed by atoms with E-state index in [9.17, 15) is 0 Å². The number of hydrogen-bond acceptors (Lipinski definition) is 3. The molecule has 3 rings (SSSR count). The van der Waals surface area contributed by atoms with Crippen molar-refractivity contribution in [2.45, 2.75) is 25.5 Å². The Kier molecular flexibility index (Phi) is 1.96. The van der Waals surface area contributed by atoms with Crippen LogP contribution in [0.5, 0.6) is 5.75 Å². The van der Waals surface area contributed by atoms with Gasteiger partial charge in [-0.15, -0.1) is 0 Å². The van der Waals surface area contributed by atoms with E-state index in [1.807, 2.05) is 6.07 Å². The molecular weight excluding hydrogens is 200 g/mol. The summed E-state index contributed by atoms with van der Waals surface area (Å²) in [5.41, 5.74) is 1.12. The highest BCUT2D eigenvalue weighted by Gasteiger charge is 2.45. The molecule has 1 aromatic rings. The third kappa shape index (κ3) is 1.31. The van der Waals surface area contributed by atoms with E-state index in [0.29, 0.717) is 6.04 Å². The van der Waals surface area contributed by atoms with E-state index >= 15 is 0 Å². The molecule has 0 radical (unpaired) electrons. The summed E-state index contributed by atoms with van der Waals surface area (Å²) in [6, 6.07) is 8.78. The summed E-state index contributed by atoms with van der Waals surface area (Å²) in [4.78, 5) is 4.80. The van der Waals surface area contributed by atoms with Crippen molar-refractivity contribution in [1.82, 2.24) is 4.90 Å². The van der Waals surface area contributed by atoms with Crippen LogP contribution in [0.2, 0.25) is 0 Å². The van der Waals surface area contributed by atoms with Crippen LogP contribution in [0.3, 0.4) is 0 Å². The molecule has 1 atom stereocenters. The van der Waals surface area contributed by atoms with Gasteiger partial charge in [-0.05, 0) is 33.0 Å². The average molecular weight is 218 g/mol. The number of benzene rings is 1. The number of ether oxygens (including phenoxy) is 1. The maximum atomic E-state index is 6.11. The van der Waals surface area contributed by atoms with Gasteiger partial charge in [-0.1, -0.05) is 12.1 Å². The van der Waals surface area contributed by atoms with Crippen LogP contribution in [0.4, 0.5) is 5.69 Å². The van der Waals surface area contributed by atoms with Crippen molar-refractivity contribution in [2.75, 3.05) is 25.2 Å². The van der Waals surface area contributed by atoms with Crippen molar-refractivity contribution in [3.63, 3.8) is 0 Å². The maximum absolute atomic E-state index is 6.11. The molecule has 3 nitrogen and oxygen atoms in total. The van der Waals surface area contributed by atoms with E-state index in [0.717, 1.165) is 19.0 Å². The molecule has 0 spiro atoms. The first-order valence-electron chi connectivity index (χ1n) is 5.81. The summed E-state index contributed by atoms with van der Waals surface area (Å²) in [5.74, 6) is 1.01. The molecule has 86 valence electrons. The first kappa shape index (κ1) is 9.97. The number of nitrogens with zero attached hydrogens (tertiary/aromatic N) is 2. The van der Waals surface area contributed by atoms with E-state index in [4.69, 9.17) is 4.74 Å². The lowest BCUT2D eigenvalue weighted by Crippen LogP contribution is -2.54. The highest BCUT2D eigenvalue weighted by Crippen LogP contribution is 2.42. The minimum atomic E-state index is -0.112. The summed E-state index contributed by atoms with van der Waals surface area (Å²) < 4.78 is 6.11. The molecule has 0 amide bonds. The van der Waals surface area contributed by atoms with Gasteiger partial charge in [0, 0.05) is 6.54 Å². The first-order valence-corrected chi connectivity index (χ1v) is 5.81. The van der Waals surface area contributed by atoms with Crippen molar-refractivity contribution in [1.29, 1.82) is 0 Å². The lowest BCUT2D eigenvalue weighted by atomic mass is 9.95. The van der Waals surface area contributed by atoms with Crippen molar-refractivity contribution in [3.8, 4) is 5.75 Å². The lowest BCUT2D eigenvalue weighted by Gasteiger charge is -2.43. The van der Waals surface area contributed by atoms with Gasteiger partial charge in [0.25, 0.3) is 0 Å². The lowest BCUT2D eigenvalue weighted by molar-refractivity contribution is 0.0714. The van der Waals surface area contributed by atoms with E-state index in [-0.39, 0.29) is 5.60 Å². The van der Waals surface area contributed by atoms with Gasteiger partial charge in [-0.25, -0.2) is 0 Å². The van der Waals surface area contributed by atoms with Gasteiger partial charge in [0.2, 0.25) is 0 Å². The zero-order chi connectivity index (χ0) is 11.3. The zero-order valence-electron chi connectivity index (χ0n) is 10.1. The van der Waals surface area contributed by atoms with Crippen LogP contribution in [0.25, 0.3) is 0 Å². The predicted octanol–water partition coefficient (Wildman–Crippen LogP) is 1.94. The second-order valence-electron chi connectivity index (χ2n) is 5.34. The van der Waals surface area contributed by atoms with E-state index < -0.39 is 0 Å². The molecule has 0 bridgehead atoms. The predicted molar refractivity (Wildman–Crippen MR) is 64.9 cm³/mol. The summed E-state index contributed by atoms with van der Waals surface area (Å²) in [6.07, 6.45) is 0. The average Bonchev–Trinajstić information content (AvgIpc) is 2.61. The minimum Gasteiger partial charge on any atom is -0.483 e. The zero-order valence-corrected chi connectivity index (χ0v) is 10.1. The number of hydrogen-bond donors (Lipinski definition) is 0. The molecule has 0 N–H and O–H groups in total. The fraction of sp³-hybridized carbons (Fsp3) is 0.538. The molecule has 2 aliphatic rings. The van der Waals surface area contributed by atoms with Gasteiger partial charge >= 0.3 is 0 Å². The normalized spacial score (nSPS) is 27.2. The Labute approximate surface area is 96.6 Å². The van der Waals surface area contributed by atoms with Gasteiger partial charge in [0.1, 0.15) is 11.4 Å². The fourth-order valence-electron chi connectivity index (χ4n) is 2.78. The van der Waals surface area contributed by atoms with Gasteiger partial charge in [-0.2, -0.15) is 0 Å². The summed E-state index contributed by atoms with van der Waals surface area (Å²) >= 11 is 0. The number of rotatable bonds is 0. The van der Waals surface area contributed by atoms with Gasteiger partial charge < -0.3 is 9.64 Å². The molecule has 3 heteroatoms. The van der Waals surface area contributed by atoms with Gasteiger partial charge in [0.05, 0.1) is 18.4 Å². The standard InChI is InChI=1S/C13H18N2O/c1-13(2)12-8-14(3)9-15(12)10-6-4-5-7-11(10)16-13/h4-7,12H,8-9H2,1-3H3. The first-order chi connectivity index (χ1) is 7.58. The SMILES string of the molecule is CN1CC2N(C1)c1ccccc1OC2(C)C. The molecule has 0 saturated carbocycles. The maximum Gasteiger partial charge on any atom is 0.143 e. The van der Waals surface area contributed by atoms with E-state index in [1.54, 1.807) is 0 Å². The third-order valence-corrected chi connectivity index (χ3v) is 3.60. The Morgan fingerprint density at radius 3 is 2.88 bits per heavy atom. The molecule has 1 saturated heterocycles. The second-order valence-corrected chi connectivity index (χ2v) is 5.34. The molecule has 1 unspecified atom stereocenters. The van der Waals surface area contributed by atoms with Gasteiger partial charge in [-0.3, -0.25) is 4.90 Å². The molecule has 2 heterocycles. The molecule has 0 aliphatic carbocycles. The van der Waals surface area contributed by atoms with Crippen molar-refractivity contribution >= 4 is 5.69 Å². The number of anilines is 1. The quantitative estimate of drug-likeness (QED) is 0.662. The topological polar surface area (TPSA) is 15.7 Å². The Balaban J connectivity index is 2.09. The summed E-state index contributed by atoms with van der Waals surface area (Å²) in [7, 11) is 2.16. The molecule has 1 aromatic carbocycles. The Morgan fingerprint density at radius 2 is 2.06 bits per heavy atom. The third-order valence-electron chi connectivity index (χ3n) is 3.60. The molecule has 0 aromatic heterocycles. The van der Waals surface area contributed by atoms with Crippen LogP contribution in [0, 0.1) is 0 Å². The van der Waals surface area contributed by atoms with Gasteiger partial charge in [0.15, 0.2) is 0 Å². The van der Waals surface area contributed by atoms with Crippen LogP contribution >= 0.6 is 0 Å². The summed E-state index contributed by atoms with van der Waals surface area (Å²) in [6.45, 7) is 6.43. The Hall–Kier alpha value is -1.22. The van der Waals surface area contributed by atoms with Crippen LogP contribution < -0.4 is 9.64 Å². The monoisotopic (exact) mass is 218 g/mol. The highest BCUT2D eigenvalue weighted by atomic mass is 16.5. The molecule has 1 fully saturated rings. The number of para-hydroxylation sites is 2. The Morgan fingerprint density at radius 1 is 1.31 bits per heavy atom. The molecular formula is C13H18N2O. The molecule has 2 aliphatic heterocycles. The highest BCUT2D eigenvalue weighted by molar-refractivity contribution is 5.62. The van der Waals surface area contributed by atoms with Crippen LogP contribution in [-0.4, -0.2) is 36.8 Å².